The first-order chi connectivity index (χ1) is 20.4. The number of benzene rings is 4. The Bertz CT molecular complexity index is 1580. The predicted molar refractivity (Wildman–Crippen MR) is 166 cm³/mol. The molecule has 10 heteroatoms. The van der Waals surface area contributed by atoms with E-state index in [1.165, 1.54) is 6.21 Å². The van der Waals surface area contributed by atoms with Crippen molar-refractivity contribution in [3.8, 4) is 5.75 Å². The lowest BCUT2D eigenvalue weighted by Gasteiger charge is -2.24. The van der Waals surface area contributed by atoms with Crippen LogP contribution >= 0.6 is 23.4 Å². The van der Waals surface area contributed by atoms with Gasteiger partial charge in [-0.15, -0.1) is 11.8 Å². The van der Waals surface area contributed by atoms with Crippen LogP contribution < -0.4 is 15.5 Å². The van der Waals surface area contributed by atoms with E-state index in [9.17, 15) is 14.4 Å². The number of carbonyl (C=O) groups excluding carboxylic acids is 3. The van der Waals surface area contributed by atoms with Crippen LogP contribution in [0.2, 0.25) is 5.02 Å². The molecule has 1 aliphatic heterocycles. The normalized spacial score (nSPS) is 14.6. The Morgan fingerprint density at radius 2 is 1.74 bits per heavy atom. The van der Waals surface area contributed by atoms with Crippen molar-refractivity contribution in [2.24, 2.45) is 5.10 Å². The van der Waals surface area contributed by atoms with Gasteiger partial charge in [0, 0.05) is 22.8 Å². The largest absolute Gasteiger partial charge is 0.484 e. The molecule has 4 aromatic rings. The van der Waals surface area contributed by atoms with Crippen molar-refractivity contribution in [1.82, 2.24) is 10.3 Å². The molecule has 42 heavy (non-hydrogen) atoms. The molecule has 0 unspecified atom stereocenters. The van der Waals surface area contributed by atoms with Crippen molar-refractivity contribution in [3.63, 3.8) is 0 Å². The molecule has 0 bridgehead atoms. The fourth-order valence-corrected chi connectivity index (χ4v) is 5.65. The van der Waals surface area contributed by atoms with E-state index >= 15 is 0 Å². The molecule has 1 saturated heterocycles. The standard InChI is InChI=1S/C32H27ClN4O4S/c33-26-7-4-8-27(17-26)35-29(38)20-41-28-15-9-22(10-16-28)18-34-36-31(40)24-11-13-25(14-12-24)32-37(30(39)21-42-32)19-23-5-2-1-3-6-23/h1-18,32H,19-21H2,(H,35,38)(H,36,40)/b34-18-/t32-/m1/s1. The van der Waals surface area contributed by atoms with Crippen LogP contribution in [0.25, 0.3) is 0 Å². The van der Waals surface area contributed by atoms with Gasteiger partial charge in [-0.2, -0.15) is 5.10 Å². The van der Waals surface area contributed by atoms with Gasteiger partial charge in [0.15, 0.2) is 6.61 Å². The minimum atomic E-state index is -0.347. The summed E-state index contributed by atoms with van der Waals surface area (Å²) in [7, 11) is 0. The lowest BCUT2D eigenvalue weighted by Crippen LogP contribution is -2.27. The summed E-state index contributed by atoms with van der Waals surface area (Å²) in [6, 6.07) is 30.9. The molecular weight excluding hydrogens is 572 g/mol. The third kappa shape index (κ3) is 7.78. The molecular formula is C32H27ClN4O4S. The number of anilines is 1. The zero-order chi connectivity index (χ0) is 29.3. The Hall–Kier alpha value is -4.60. The first-order valence-corrected chi connectivity index (χ1v) is 14.5. The molecule has 212 valence electrons. The van der Waals surface area contributed by atoms with Gasteiger partial charge in [0.2, 0.25) is 5.91 Å². The molecule has 1 atom stereocenters. The highest BCUT2D eigenvalue weighted by molar-refractivity contribution is 8.00. The molecule has 8 nitrogen and oxygen atoms in total. The van der Waals surface area contributed by atoms with Crippen molar-refractivity contribution >= 4 is 53.0 Å². The van der Waals surface area contributed by atoms with Gasteiger partial charge in [-0.25, -0.2) is 5.43 Å². The number of halogens is 1. The Kier molecular flexibility index (Phi) is 9.53. The molecule has 3 amide bonds. The number of hydrogen-bond acceptors (Lipinski definition) is 6. The van der Waals surface area contributed by atoms with Crippen LogP contribution in [0, 0.1) is 0 Å². The number of hydrazone groups is 1. The maximum atomic E-state index is 12.6. The molecule has 0 aromatic heterocycles. The zero-order valence-electron chi connectivity index (χ0n) is 22.4. The third-order valence-electron chi connectivity index (χ3n) is 6.36. The van der Waals surface area contributed by atoms with E-state index in [-0.39, 0.29) is 29.7 Å². The molecule has 0 spiro atoms. The minimum Gasteiger partial charge on any atom is -0.484 e. The number of nitrogens with zero attached hydrogens (tertiary/aromatic N) is 2. The van der Waals surface area contributed by atoms with E-state index in [0.29, 0.717) is 34.3 Å². The molecule has 0 saturated carbocycles. The first-order valence-electron chi connectivity index (χ1n) is 13.1. The second-order valence-corrected chi connectivity index (χ2v) is 10.9. The maximum absolute atomic E-state index is 12.6. The van der Waals surface area contributed by atoms with Gasteiger partial charge in [-0.05, 0) is 71.3 Å². The Morgan fingerprint density at radius 1 is 0.976 bits per heavy atom. The van der Waals surface area contributed by atoms with E-state index in [4.69, 9.17) is 16.3 Å². The molecule has 4 aromatic carbocycles. The van der Waals surface area contributed by atoms with Crippen LogP contribution in [0.3, 0.4) is 0 Å². The number of amides is 3. The lowest BCUT2D eigenvalue weighted by atomic mass is 10.1. The Morgan fingerprint density at radius 3 is 2.48 bits per heavy atom. The number of nitrogens with one attached hydrogen (secondary N) is 2. The summed E-state index contributed by atoms with van der Waals surface area (Å²) in [6.07, 6.45) is 1.52. The van der Waals surface area contributed by atoms with Gasteiger partial charge in [0.1, 0.15) is 11.1 Å². The first kappa shape index (κ1) is 28.9. The average Bonchev–Trinajstić information content (AvgIpc) is 3.36. The highest BCUT2D eigenvalue weighted by Crippen LogP contribution is 2.39. The molecule has 1 fully saturated rings. The summed E-state index contributed by atoms with van der Waals surface area (Å²) < 4.78 is 5.53. The van der Waals surface area contributed by atoms with Crippen LogP contribution in [-0.2, 0) is 16.1 Å². The molecule has 0 aliphatic carbocycles. The SMILES string of the molecule is O=C(COc1ccc(/C=N\NC(=O)c2ccc([C@H]3SCC(=O)N3Cc3ccccc3)cc2)cc1)Nc1cccc(Cl)c1. The lowest BCUT2D eigenvalue weighted by molar-refractivity contribution is -0.128. The summed E-state index contributed by atoms with van der Waals surface area (Å²) in [6.45, 7) is 0.385. The van der Waals surface area contributed by atoms with E-state index in [2.05, 4.69) is 15.8 Å². The number of carbonyl (C=O) groups is 3. The maximum Gasteiger partial charge on any atom is 0.271 e. The van der Waals surface area contributed by atoms with Gasteiger partial charge in [-0.3, -0.25) is 14.4 Å². The molecule has 1 heterocycles. The molecule has 5 rings (SSSR count). The number of thioether (sulfide) groups is 1. The van der Waals surface area contributed by atoms with Crippen molar-refractivity contribution < 1.29 is 19.1 Å². The van der Waals surface area contributed by atoms with Gasteiger partial charge in [-0.1, -0.05) is 60.1 Å². The summed E-state index contributed by atoms with van der Waals surface area (Å²) in [5.41, 5.74) is 6.36. The number of rotatable bonds is 10. The highest BCUT2D eigenvalue weighted by atomic mass is 35.5. The third-order valence-corrected chi connectivity index (χ3v) is 7.85. The summed E-state index contributed by atoms with van der Waals surface area (Å²) >= 11 is 7.51. The van der Waals surface area contributed by atoms with Crippen LogP contribution in [0.15, 0.2) is 108 Å². The van der Waals surface area contributed by atoms with E-state index in [1.54, 1.807) is 72.4 Å². The minimum absolute atomic E-state index is 0.0999. The quantitative estimate of drug-likeness (QED) is 0.175. The van der Waals surface area contributed by atoms with Crippen molar-refractivity contribution in [1.29, 1.82) is 0 Å². The van der Waals surface area contributed by atoms with Gasteiger partial charge >= 0.3 is 0 Å². The Balaban J connectivity index is 1.10. The monoisotopic (exact) mass is 598 g/mol. The fourth-order valence-electron chi connectivity index (χ4n) is 4.27. The topological polar surface area (TPSA) is 100 Å². The number of hydrogen-bond donors (Lipinski definition) is 2. The van der Waals surface area contributed by atoms with Crippen molar-refractivity contribution in [2.75, 3.05) is 17.7 Å². The summed E-state index contributed by atoms with van der Waals surface area (Å²) in [5, 5.41) is 7.20. The average molecular weight is 599 g/mol. The van der Waals surface area contributed by atoms with Crippen LogP contribution in [0.4, 0.5) is 5.69 Å². The van der Waals surface area contributed by atoms with Crippen LogP contribution in [0.5, 0.6) is 5.75 Å². The zero-order valence-corrected chi connectivity index (χ0v) is 24.0. The second-order valence-electron chi connectivity index (χ2n) is 9.41. The van der Waals surface area contributed by atoms with Gasteiger partial charge < -0.3 is 15.0 Å². The van der Waals surface area contributed by atoms with Gasteiger partial charge in [0.05, 0.1) is 12.0 Å². The van der Waals surface area contributed by atoms with E-state index < -0.39 is 0 Å². The predicted octanol–water partition coefficient (Wildman–Crippen LogP) is 5.90. The second kappa shape index (κ2) is 13.8. The molecule has 2 N–H and O–H groups in total. The summed E-state index contributed by atoms with van der Waals surface area (Å²) in [4.78, 5) is 39.1. The summed E-state index contributed by atoms with van der Waals surface area (Å²) in [5.74, 6) is 0.394. The fraction of sp³-hybridized carbons (Fsp3) is 0.125. The molecule has 1 aliphatic rings. The van der Waals surface area contributed by atoms with E-state index in [1.807, 2.05) is 47.4 Å². The molecule has 0 radical (unpaired) electrons. The van der Waals surface area contributed by atoms with E-state index in [0.717, 1.165) is 16.7 Å². The number of ether oxygens (including phenoxy) is 1. The smallest absolute Gasteiger partial charge is 0.271 e. The highest BCUT2D eigenvalue weighted by Gasteiger charge is 2.32. The van der Waals surface area contributed by atoms with Crippen molar-refractivity contribution in [2.45, 2.75) is 11.9 Å². The van der Waals surface area contributed by atoms with Gasteiger partial charge in [0.25, 0.3) is 11.8 Å². The van der Waals surface area contributed by atoms with Crippen LogP contribution in [0.1, 0.15) is 32.4 Å². The van der Waals surface area contributed by atoms with Crippen molar-refractivity contribution in [3.05, 3.63) is 130 Å². The Labute approximate surface area is 252 Å². The van der Waals surface area contributed by atoms with Crippen LogP contribution in [-0.4, -0.2) is 41.2 Å².